The Kier molecular flexibility index (Phi) is 5.60. The van der Waals surface area contributed by atoms with Crippen molar-refractivity contribution in [3.05, 3.63) is 158 Å². The second-order valence-corrected chi connectivity index (χ2v) is 12.8. The maximum absolute atomic E-state index is 6.55. The highest BCUT2D eigenvalue weighted by Crippen LogP contribution is 2.43. The van der Waals surface area contributed by atoms with Crippen LogP contribution in [0.15, 0.2) is 171 Å². The van der Waals surface area contributed by atoms with Crippen LogP contribution in [0.4, 0.5) is 17.1 Å². The molecule has 0 radical (unpaired) electrons. The van der Waals surface area contributed by atoms with Gasteiger partial charge in [0, 0.05) is 61.7 Å². The van der Waals surface area contributed by atoms with Gasteiger partial charge in [0.15, 0.2) is 5.58 Å². The van der Waals surface area contributed by atoms with E-state index in [0.717, 1.165) is 93.8 Å². The minimum atomic E-state index is 0.576. The number of benzene rings is 8. The number of oxazole rings is 1. The lowest BCUT2D eigenvalue weighted by Crippen LogP contribution is -2.09. The van der Waals surface area contributed by atoms with Gasteiger partial charge in [0.25, 0.3) is 0 Å². The maximum atomic E-state index is 6.55. The summed E-state index contributed by atoms with van der Waals surface area (Å²) in [6.07, 6.45) is 0. The van der Waals surface area contributed by atoms with Crippen LogP contribution in [0.5, 0.6) is 0 Å². The fourth-order valence-corrected chi connectivity index (χ4v) is 7.52. The summed E-state index contributed by atoms with van der Waals surface area (Å²) in [5.74, 6) is 0.576. The van der Waals surface area contributed by atoms with Crippen LogP contribution in [0.3, 0.4) is 0 Å². The molecule has 11 aromatic rings. The van der Waals surface area contributed by atoms with Gasteiger partial charge in [0.2, 0.25) is 5.89 Å². The fourth-order valence-electron chi connectivity index (χ4n) is 7.52. The third-order valence-electron chi connectivity index (χ3n) is 9.84. The fraction of sp³-hybridized carbons (Fsp3) is 0. The first-order valence-corrected chi connectivity index (χ1v) is 16.7. The maximum Gasteiger partial charge on any atom is 0.228 e. The van der Waals surface area contributed by atoms with Gasteiger partial charge in [0.05, 0.1) is 0 Å². The Morgan fingerprint density at radius 1 is 0.400 bits per heavy atom. The Hall–Kier alpha value is -6.85. The molecule has 8 aromatic carbocycles. The van der Waals surface area contributed by atoms with Crippen molar-refractivity contribution in [1.29, 1.82) is 0 Å². The highest BCUT2D eigenvalue weighted by atomic mass is 16.4. The van der Waals surface area contributed by atoms with E-state index in [9.17, 15) is 0 Å². The van der Waals surface area contributed by atoms with E-state index in [1.807, 2.05) is 36.4 Å². The molecule has 234 valence electrons. The van der Waals surface area contributed by atoms with E-state index in [1.54, 1.807) is 0 Å². The molecular formula is C45H26N2O3. The Morgan fingerprint density at radius 3 is 1.92 bits per heavy atom. The summed E-state index contributed by atoms with van der Waals surface area (Å²) in [7, 11) is 0. The van der Waals surface area contributed by atoms with Crippen LogP contribution in [0.1, 0.15) is 0 Å². The third-order valence-corrected chi connectivity index (χ3v) is 9.84. The summed E-state index contributed by atoms with van der Waals surface area (Å²) in [5.41, 5.74) is 8.80. The van der Waals surface area contributed by atoms with Crippen LogP contribution in [0, 0.1) is 0 Å². The van der Waals surface area contributed by atoms with Gasteiger partial charge in [0.1, 0.15) is 27.8 Å². The Balaban J connectivity index is 1.07. The number of hydrogen-bond acceptors (Lipinski definition) is 5. The van der Waals surface area contributed by atoms with Crippen LogP contribution in [-0.4, -0.2) is 4.98 Å². The third kappa shape index (κ3) is 4.04. The normalized spacial score (nSPS) is 12.0. The van der Waals surface area contributed by atoms with Gasteiger partial charge in [-0.15, -0.1) is 0 Å². The molecule has 11 rings (SSSR count). The molecular weight excluding hydrogens is 617 g/mol. The molecule has 0 N–H and O–H groups in total. The van der Waals surface area contributed by atoms with Gasteiger partial charge in [-0.05, 0) is 82.9 Å². The monoisotopic (exact) mass is 642 g/mol. The lowest BCUT2D eigenvalue weighted by Gasteiger charge is -2.25. The number of hydrogen-bond donors (Lipinski definition) is 0. The first kappa shape index (κ1) is 27.1. The Labute approximate surface area is 285 Å². The number of fused-ring (bicyclic) bond motifs is 10. The van der Waals surface area contributed by atoms with Crippen molar-refractivity contribution in [1.82, 2.24) is 4.98 Å². The molecule has 0 atom stereocenters. The first-order valence-electron chi connectivity index (χ1n) is 16.7. The zero-order chi connectivity index (χ0) is 32.8. The molecule has 0 fully saturated rings. The molecule has 0 saturated carbocycles. The topological polar surface area (TPSA) is 55.6 Å². The number of aromatic nitrogens is 1. The van der Waals surface area contributed by atoms with Crippen LogP contribution >= 0.6 is 0 Å². The van der Waals surface area contributed by atoms with Crippen molar-refractivity contribution in [3.8, 4) is 11.5 Å². The van der Waals surface area contributed by atoms with Gasteiger partial charge in [-0.2, -0.15) is 0 Å². The minimum Gasteiger partial charge on any atom is -0.456 e. The summed E-state index contributed by atoms with van der Waals surface area (Å²) < 4.78 is 19.5. The van der Waals surface area contributed by atoms with E-state index < -0.39 is 0 Å². The molecule has 0 aliphatic heterocycles. The molecule has 0 amide bonds. The Bertz CT molecular complexity index is 3110. The number of anilines is 3. The van der Waals surface area contributed by atoms with E-state index in [4.69, 9.17) is 18.2 Å². The number of rotatable bonds is 4. The molecule has 3 heterocycles. The molecule has 0 bridgehead atoms. The molecule has 0 aliphatic carbocycles. The number of nitrogens with zero attached hydrogens (tertiary/aromatic N) is 2. The van der Waals surface area contributed by atoms with Crippen molar-refractivity contribution in [3.63, 3.8) is 0 Å². The summed E-state index contributed by atoms with van der Waals surface area (Å²) in [4.78, 5) is 7.16. The highest BCUT2D eigenvalue weighted by molar-refractivity contribution is 6.14. The summed E-state index contributed by atoms with van der Waals surface area (Å²) in [6, 6.07) is 54.4. The molecule has 5 heteroatoms. The molecule has 0 saturated heterocycles. The zero-order valence-electron chi connectivity index (χ0n) is 26.6. The van der Waals surface area contributed by atoms with Crippen molar-refractivity contribution in [2.45, 2.75) is 0 Å². The zero-order valence-corrected chi connectivity index (χ0v) is 26.6. The largest absolute Gasteiger partial charge is 0.456 e. The molecule has 0 aliphatic rings. The van der Waals surface area contributed by atoms with Crippen molar-refractivity contribution >= 4 is 93.6 Å². The van der Waals surface area contributed by atoms with Crippen LogP contribution < -0.4 is 4.90 Å². The van der Waals surface area contributed by atoms with E-state index >= 15 is 0 Å². The average molecular weight is 643 g/mol. The molecule has 50 heavy (non-hydrogen) atoms. The smallest absolute Gasteiger partial charge is 0.228 e. The van der Waals surface area contributed by atoms with Gasteiger partial charge < -0.3 is 18.2 Å². The van der Waals surface area contributed by atoms with Gasteiger partial charge >= 0.3 is 0 Å². The number of para-hydroxylation sites is 1. The number of furan rings is 2. The standard InChI is InChI=1S/C45H26N2O3/c1-2-12-30(13-3-1)47(31-18-20-34-37-23-28-10-4-5-11-29(28)24-40(37)49-41(34)25-31)32-19-21-35-42(26-32)48-39-16-8-15-36(43(35)39)45-46-38-22-17-27-9-6-7-14-33(27)44(38)50-45/h1-26H. The summed E-state index contributed by atoms with van der Waals surface area (Å²) >= 11 is 0. The van der Waals surface area contributed by atoms with Gasteiger partial charge in [-0.25, -0.2) is 4.98 Å². The average Bonchev–Trinajstić information content (AvgIpc) is 3.87. The van der Waals surface area contributed by atoms with E-state index in [-0.39, 0.29) is 0 Å². The first-order chi connectivity index (χ1) is 24.7. The summed E-state index contributed by atoms with van der Waals surface area (Å²) in [6.45, 7) is 0. The van der Waals surface area contributed by atoms with Crippen molar-refractivity contribution < 1.29 is 13.3 Å². The van der Waals surface area contributed by atoms with Crippen molar-refractivity contribution in [2.75, 3.05) is 4.90 Å². The summed E-state index contributed by atoms with van der Waals surface area (Å²) in [5, 5.41) is 8.72. The predicted molar refractivity (Wildman–Crippen MR) is 204 cm³/mol. The predicted octanol–water partition coefficient (Wildman–Crippen LogP) is 13.1. The molecule has 0 spiro atoms. The lowest BCUT2D eigenvalue weighted by molar-refractivity contribution is 0.623. The van der Waals surface area contributed by atoms with Crippen LogP contribution in [0.25, 0.3) is 88.0 Å². The molecule has 3 aromatic heterocycles. The molecule has 5 nitrogen and oxygen atoms in total. The quantitative estimate of drug-likeness (QED) is 0.191. The van der Waals surface area contributed by atoms with Crippen LogP contribution in [0.2, 0.25) is 0 Å². The Morgan fingerprint density at radius 2 is 1.08 bits per heavy atom. The molecule has 0 unspecified atom stereocenters. The van der Waals surface area contributed by atoms with Gasteiger partial charge in [-0.3, -0.25) is 0 Å². The van der Waals surface area contributed by atoms with Crippen LogP contribution in [-0.2, 0) is 0 Å². The van der Waals surface area contributed by atoms with E-state index in [2.05, 4.69) is 126 Å². The van der Waals surface area contributed by atoms with Crippen molar-refractivity contribution in [2.24, 2.45) is 0 Å². The second kappa shape index (κ2) is 10.3. The van der Waals surface area contributed by atoms with Gasteiger partial charge in [-0.1, -0.05) is 78.9 Å². The van der Waals surface area contributed by atoms with E-state index in [0.29, 0.717) is 5.89 Å². The lowest BCUT2D eigenvalue weighted by atomic mass is 10.0. The minimum absolute atomic E-state index is 0.576. The highest BCUT2D eigenvalue weighted by Gasteiger charge is 2.21. The second-order valence-electron chi connectivity index (χ2n) is 12.8. The SMILES string of the molecule is c1ccc(N(c2ccc3c(c2)oc2cc4ccccc4cc23)c2ccc3c(c2)oc2cccc(-c4nc5ccc6ccccc6c5o4)c23)cc1. The van der Waals surface area contributed by atoms with E-state index in [1.165, 1.54) is 5.39 Å².